The molecule has 0 unspecified atom stereocenters. The Morgan fingerprint density at radius 1 is 1.13 bits per heavy atom. The van der Waals surface area contributed by atoms with Gasteiger partial charge in [0.2, 0.25) is 0 Å². The molecule has 1 aliphatic carbocycles. The molecule has 1 fully saturated rings. The predicted octanol–water partition coefficient (Wildman–Crippen LogP) is 1.71. The van der Waals surface area contributed by atoms with Crippen LogP contribution in [0.1, 0.15) is 50.6 Å². The molecule has 0 aliphatic heterocycles. The second-order valence-electron chi connectivity index (χ2n) is 6.96. The summed E-state index contributed by atoms with van der Waals surface area (Å²) < 4.78 is 1.90. The highest BCUT2D eigenvalue weighted by Crippen LogP contribution is 2.21. The molecule has 0 spiro atoms. The van der Waals surface area contributed by atoms with Gasteiger partial charge < -0.3 is 15.5 Å². The molecule has 0 bridgehead atoms. The third kappa shape index (κ3) is 6.57. The van der Waals surface area contributed by atoms with Gasteiger partial charge in [0, 0.05) is 25.3 Å². The number of aryl methyl sites for hydroxylation is 1. The van der Waals surface area contributed by atoms with E-state index in [4.69, 9.17) is 5.73 Å². The Balaban J connectivity index is 1.53. The number of nitrogens with two attached hydrogens (primary N) is 1. The lowest BCUT2D eigenvalue weighted by molar-refractivity contribution is 0.181. The van der Waals surface area contributed by atoms with Crippen LogP contribution >= 0.6 is 0 Å². The van der Waals surface area contributed by atoms with Crippen molar-refractivity contribution in [2.75, 3.05) is 33.7 Å². The fourth-order valence-corrected chi connectivity index (χ4v) is 3.45. The monoisotopic (exact) mass is 322 g/mol. The number of hydrogen-bond acceptors (Lipinski definition) is 5. The SMILES string of the molecule is CN(CCCN(C)C1CCCCC1)CCCn1cc(CN)nn1. The second-order valence-corrected chi connectivity index (χ2v) is 6.96. The van der Waals surface area contributed by atoms with Gasteiger partial charge >= 0.3 is 0 Å². The van der Waals surface area contributed by atoms with Crippen LogP contribution in [0.3, 0.4) is 0 Å². The van der Waals surface area contributed by atoms with Gasteiger partial charge in [0.05, 0.1) is 5.69 Å². The summed E-state index contributed by atoms with van der Waals surface area (Å²) in [6.07, 6.45) is 11.4. The van der Waals surface area contributed by atoms with Gasteiger partial charge in [0.25, 0.3) is 0 Å². The molecule has 132 valence electrons. The number of rotatable bonds is 10. The van der Waals surface area contributed by atoms with Gasteiger partial charge in [-0.25, -0.2) is 0 Å². The molecule has 1 saturated carbocycles. The van der Waals surface area contributed by atoms with Crippen molar-refractivity contribution in [2.45, 2.75) is 64.1 Å². The minimum Gasteiger partial charge on any atom is -0.325 e. The van der Waals surface area contributed by atoms with Crippen LogP contribution < -0.4 is 5.73 Å². The van der Waals surface area contributed by atoms with Crippen molar-refractivity contribution >= 4 is 0 Å². The van der Waals surface area contributed by atoms with Crippen molar-refractivity contribution in [2.24, 2.45) is 5.73 Å². The van der Waals surface area contributed by atoms with Crippen molar-refractivity contribution in [3.63, 3.8) is 0 Å². The van der Waals surface area contributed by atoms with E-state index in [1.165, 1.54) is 51.6 Å². The van der Waals surface area contributed by atoms with Crippen LogP contribution in [0.2, 0.25) is 0 Å². The van der Waals surface area contributed by atoms with Gasteiger partial charge in [-0.3, -0.25) is 4.68 Å². The Hall–Kier alpha value is -0.980. The maximum absolute atomic E-state index is 5.55. The molecule has 23 heavy (non-hydrogen) atoms. The van der Waals surface area contributed by atoms with Crippen LogP contribution in [-0.2, 0) is 13.1 Å². The van der Waals surface area contributed by atoms with Crippen molar-refractivity contribution in [1.82, 2.24) is 24.8 Å². The van der Waals surface area contributed by atoms with Crippen molar-refractivity contribution in [3.05, 3.63) is 11.9 Å². The molecule has 0 saturated heterocycles. The van der Waals surface area contributed by atoms with Crippen molar-refractivity contribution in [3.8, 4) is 0 Å². The number of hydrogen-bond donors (Lipinski definition) is 1. The summed E-state index contributed by atoms with van der Waals surface area (Å²) in [4.78, 5) is 5.01. The fraction of sp³-hybridized carbons (Fsp3) is 0.882. The Kier molecular flexibility index (Phi) is 7.99. The topological polar surface area (TPSA) is 63.2 Å². The van der Waals surface area contributed by atoms with Crippen LogP contribution in [0, 0.1) is 0 Å². The minimum absolute atomic E-state index is 0.467. The number of aromatic nitrogens is 3. The van der Waals surface area contributed by atoms with Gasteiger partial charge in [-0.1, -0.05) is 24.5 Å². The first-order chi connectivity index (χ1) is 11.2. The van der Waals surface area contributed by atoms with Gasteiger partial charge in [0.15, 0.2) is 0 Å². The Labute approximate surface area is 141 Å². The molecule has 0 atom stereocenters. The summed E-state index contributed by atoms with van der Waals surface area (Å²) in [6, 6.07) is 0.832. The summed E-state index contributed by atoms with van der Waals surface area (Å²) in [7, 11) is 4.52. The maximum Gasteiger partial charge on any atom is 0.0962 e. The largest absolute Gasteiger partial charge is 0.325 e. The first-order valence-corrected chi connectivity index (χ1v) is 9.17. The first kappa shape index (κ1) is 18.4. The van der Waals surface area contributed by atoms with Crippen molar-refractivity contribution < 1.29 is 0 Å². The molecule has 1 aliphatic rings. The average Bonchev–Trinajstić information content (AvgIpc) is 3.03. The lowest BCUT2D eigenvalue weighted by Gasteiger charge is -2.31. The quantitative estimate of drug-likeness (QED) is 0.710. The molecular weight excluding hydrogens is 288 g/mol. The zero-order valence-electron chi connectivity index (χ0n) is 15.0. The molecule has 0 radical (unpaired) electrons. The van der Waals surface area contributed by atoms with Gasteiger partial charge in [-0.05, 0) is 59.4 Å². The van der Waals surface area contributed by atoms with E-state index in [1.54, 1.807) is 0 Å². The third-order valence-electron chi connectivity index (χ3n) is 4.97. The van der Waals surface area contributed by atoms with Crippen LogP contribution in [0.15, 0.2) is 6.20 Å². The van der Waals surface area contributed by atoms with Gasteiger partial charge in [-0.15, -0.1) is 5.10 Å². The Morgan fingerprint density at radius 2 is 1.87 bits per heavy atom. The summed E-state index contributed by atoms with van der Waals surface area (Å²) >= 11 is 0. The van der Waals surface area contributed by atoms with Crippen LogP contribution in [-0.4, -0.2) is 64.6 Å². The molecular formula is C17H34N6. The number of nitrogens with zero attached hydrogens (tertiary/aromatic N) is 5. The van der Waals surface area contributed by atoms with Gasteiger partial charge in [-0.2, -0.15) is 0 Å². The molecule has 1 aromatic rings. The minimum atomic E-state index is 0.467. The van der Waals surface area contributed by atoms with E-state index in [-0.39, 0.29) is 0 Å². The predicted molar refractivity (Wildman–Crippen MR) is 94.1 cm³/mol. The molecule has 0 amide bonds. The summed E-state index contributed by atoms with van der Waals surface area (Å²) in [5, 5.41) is 8.10. The summed E-state index contributed by atoms with van der Waals surface area (Å²) in [5.74, 6) is 0. The fourth-order valence-electron chi connectivity index (χ4n) is 3.45. The Bertz CT molecular complexity index is 426. The van der Waals surface area contributed by atoms with E-state index in [0.717, 1.165) is 31.2 Å². The highest BCUT2D eigenvalue weighted by Gasteiger charge is 2.17. The molecule has 2 N–H and O–H groups in total. The molecule has 2 rings (SSSR count). The van der Waals surface area contributed by atoms with Crippen LogP contribution in [0.5, 0.6) is 0 Å². The summed E-state index contributed by atoms with van der Waals surface area (Å²) in [6.45, 7) is 4.87. The average molecular weight is 323 g/mol. The first-order valence-electron chi connectivity index (χ1n) is 9.17. The Morgan fingerprint density at radius 3 is 2.57 bits per heavy atom. The molecule has 6 nitrogen and oxygen atoms in total. The van der Waals surface area contributed by atoms with Crippen molar-refractivity contribution in [1.29, 1.82) is 0 Å². The smallest absolute Gasteiger partial charge is 0.0962 e. The molecule has 0 aromatic carbocycles. The highest BCUT2D eigenvalue weighted by molar-refractivity contribution is 4.90. The van der Waals surface area contributed by atoms with E-state index in [9.17, 15) is 0 Å². The van der Waals surface area contributed by atoms with Gasteiger partial charge in [0.1, 0.15) is 0 Å². The third-order valence-corrected chi connectivity index (χ3v) is 4.97. The van der Waals surface area contributed by atoms with E-state index >= 15 is 0 Å². The zero-order valence-corrected chi connectivity index (χ0v) is 15.0. The highest BCUT2D eigenvalue weighted by atomic mass is 15.4. The summed E-state index contributed by atoms with van der Waals surface area (Å²) in [5.41, 5.74) is 6.41. The molecule has 1 heterocycles. The molecule has 1 aromatic heterocycles. The van der Waals surface area contributed by atoms with E-state index < -0.39 is 0 Å². The standard InChI is InChI=1S/C17H34N6/c1-21(11-7-13-23-15-16(14-18)19-20-23)10-6-12-22(2)17-8-4-3-5-9-17/h15,17H,3-14,18H2,1-2H3. The second kappa shape index (κ2) is 10.0. The zero-order chi connectivity index (χ0) is 16.5. The lowest BCUT2D eigenvalue weighted by Crippen LogP contribution is -2.35. The van der Waals surface area contributed by atoms with Crippen LogP contribution in [0.25, 0.3) is 0 Å². The maximum atomic E-state index is 5.55. The normalized spacial score (nSPS) is 16.6. The van der Waals surface area contributed by atoms with Crippen LogP contribution in [0.4, 0.5) is 0 Å². The molecule has 6 heteroatoms. The van der Waals surface area contributed by atoms with E-state index in [0.29, 0.717) is 6.54 Å². The van der Waals surface area contributed by atoms with E-state index in [1.807, 2.05) is 10.9 Å². The van der Waals surface area contributed by atoms with E-state index in [2.05, 4.69) is 34.2 Å². The lowest BCUT2D eigenvalue weighted by atomic mass is 9.94.